The molecule has 5 rings (SSSR count). The second kappa shape index (κ2) is 9.26. The number of aromatic nitrogens is 3. The molecular formula is C25H31N5. The van der Waals surface area contributed by atoms with Gasteiger partial charge >= 0.3 is 0 Å². The molecule has 1 aliphatic rings. The predicted octanol–water partition coefficient (Wildman–Crippen LogP) is 5.37. The second-order valence-corrected chi connectivity index (χ2v) is 7.68. The van der Waals surface area contributed by atoms with Gasteiger partial charge in [-0.15, -0.1) is 0 Å². The van der Waals surface area contributed by atoms with Crippen molar-refractivity contribution in [3.05, 3.63) is 55.0 Å². The lowest BCUT2D eigenvalue weighted by Gasteiger charge is -2.24. The van der Waals surface area contributed by atoms with Crippen molar-refractivity contribution in [3.8, 4) is 11.1 Å². The Morgan fingerprint density at radius 2 is 1.93 bits per heavy atom. The molecule has 0 radical (unpaired) electrons. The Kier molecular flexibility index (Phi) is 6.29. The lowest BCUT2D eigenvalue weighted by atomic mass is 10.0. The monoisotopic (exact) mass is 401 g/mol. The summed E-state index contributed by atoms with van der Waals surface area (Å²) >= 11 is 0. The fraction of sp³-hybridized carbons (Fsp3) is 0.360. The third kappa shape index (κ3) is 4.17. The van der Waals surface area contributed by atoms with E-state index in [9.17, 15) is 0 Å². The third-order valence-corrected chi connectivity index (χ3v) is 5.73. The first-order valence-electron chi connectivity index (χ1n) is 11.1. The summed E-state index contributed by atoms with van der Waals surface area (Å²) in [5.41, 5.74) is 6.49. The molecule has 0 saturated carbocycles. The van der Waals surface area contributed by atoms with E-state index in [-0.39, 0.29) is 0 Å². The standard InChI is InChI=1S/C23H25N5.C2H6/c1-28-11-7-17-12-16(5-6-22(17)28)20-13-19(14-21-23(20)26-10-9-25-21)27-15-18-4-2-3-8-24-18;1-2/h5-7,9-14,18,24,27H,2-4,8,15H2,1H3;1-2H3. The maximum atomic E-state index is 4.63. The lowest BCUT2D eigenvalue weighted by Crippen LogP contribution is -2.39. The van der Waals surface area contributed by atoms with E-state index < -0.39 is 0 Å². The number of fused-ring (bicyclic) bond motifs is 2. The van der Waals surface area contributed by atoms with Crippen molar-refractivity contribution >= 4 is 27.6 Å². The van der Waals surface area contributed by atoms with Gasteiger partial charge in [0.1, 0.15) is 0 Å². The highest BCUT2D eigenvalue weighted by molar-refractivity contribution is 5.97. The quantitative estimate of drug-likeness (QED) is 0.483. The second-order valence-electron chi connectivity index (χ2n) is 7.68. The summed E-state index contributed by atoms with van der Waals surface area (Å²) in [6.45, 7) is 6.06. The summed E-state index contributed by atoms with van der Waals surface area (Å²) in [7, 11) is 2.08. The molecule has 4 aromatic rings. The molecule has 0 amide bonds. The van der Waals surface area contributed by atoms with Gasteiger partial charge in [0.05, 0.1) is 11.0 Å². The molecule has 1 fully saturated rings. The van der Waals surface area contributed by atoms with E-state index in [2.05, 4.69) is 74.8 Å². The fourth-order valence-corrected chi connectivity index (χ4v) is 4.19. The molecule has 5 heteroatoms. The number of benzene rings is 2. The van der Waals surface area contributed by atoms with Gasteiger partial charge in [0.15, 0.2) is 0 Å². The van der Waals surface area contributed by atoms with Crippen LogP contribution in [-0.2, 0) is 7.05 Å². The van der Waals surface area contributed by atoms with Crippen LogP contribution >= 0.6 is 0 Å². The van der Waals surface area contributed by atoms with Crippen molar-refractivity contribution in [1.82, 2.24) is 19.9 Å². The van der Waals surface area contributed by atoms with Crippen molar-refractivity contribution in [3.63, 3.8) is 0 Å². The van der Waals surface area contributed by atoms with Crippen molar-refractivity contribution in [2.45, 2.75) is 39.2 Å². The van der Waals surface area contributed by atoms with E-state index in [4.69, 9.17) is 0 Å². The predicted molar refractivity (Wildman–Crippen MR) is 127 cm³/mol. The number of hydrogen-bond donors (Lipinski definition) is 2. The maximum absolute atomic E-state index is 4.63. The highest BCUT2D eigenvalue weighted by Crippen LogP contribution is 2.32. The number of piperidine rings is 1. The van der Waals surface area contributed by atoms with Gasteiger partial charge in [0.25, 0.3) is 0 Å². The summed E-state index contributed by atoms with van der Waals surface area (Å²) in [6, 6.07) is 13.6. The van der Waals surface area contributed by atoms with Crippen LogP contribution in [0.4, 0.5) is 5.69 Å². The minimum absolute atomic E-state index is 0.537. The van der Waals surface area contributed by atoms with Gasteiger partial charge in [-0.25, -0.2) is 0 Å². The van der Waals surface area contributed by atoms with E-state index >= 15 is 0 Å². The van der Waals surface area contributed by atoms with Crippen LogP contribution in [0.1, 0.15) is 33.1 Å². The van der Waals surface area contributed by atoms with Crippen LogP contribution in [0, 0.1) is 0 Å². The smallest absolute Gasteiger partial charge is 0.0966 e. The molecule has 1 unspecified atom stereocenters. The summed E-state index contributed by atoms with van der Waals surface area (Å²) in [6.07, 6.45) is 9.46. The first kappa shape index (κ1) is 20.4. The summed E-state index contributed by atoms with van der Waals surface area (Å²) in [5.74, 6) is 0. The average molecular weight is 402 g/mol. The highest BCUT2D eigenvalue weighted by atomic mass is 15.0. The molecule has 0 aliphatic carbocycles. The molecular weight excluding hydrogens is 370 g/mol. The van der Waals surface area contributed by atoms with Gasteiger partial charge in [-0.1, -0.05) is 26.3 Å². The van der Waals surface area contributed by atoms with Crippen LogP contribution in [-0.4, -0.2) is 33.7 Å². The van der Waals surface area contributed by atoms with E-state index in [0.717, 1.165) is 35.4 Å². The van der Waals surface area contributed by atoms with E-state index in [0.29, 0.717) is 6.04 Å². The molecule has 5 nitrogen and oxygen atoms in total. The molecule has 1 aliphatic heterocycles. The lowest BCUT2D eigenvalue weighted by molar-refractivity contribution is 0.414. The maximum Gasteiger partial charge on any atom is 0.0966 e. The fourth-order valence-electron chi connectivity index (χ4n) is 4.19. The van der Waals surface area contributed by atoms with Gasteiger partial charge in [-0.2, -0.15) is 0 Å². The van der Waals surface area contributed by atoms with Crippen molar-refractivity contribution in [2.24, 2.45) is 7.05 Å². The van der Waals surface area contributed by atoms with Crippen molar-refractivity contribution < 1.29 is 0 Å². The molecule has 3 heterocycles. The Balaban J connectivity index is 0.00000106. The molecule has 2 N–H and O–H groups in total. The zero-order valence-corrected chi connectivity index (χ0v) is 18.2. The van der Waals surface area contributed by atoms with Gasteiger partial charge in [0.2, 0.25) is 0 Å². The molecule has 0 bridgehead atoms. The highest BCUT2D eigenvalue weighted by Gasteiger charge is 2.14. The van der Waals surface area contributed by atoms with E-state index in [1.54, 1.807) is 12.4 Å². The number of rotatable bonds is 4. The zero-order valence-electron chi connectivity index (χ0n) is 18.2. The van der Waals surface area contributed by atoms with E-state index in [1.807, 2.05) is 13.8 Å². The van der Waals surface area contributed by atoms with Crippen LogP contribution in [0.3, 0.4) is 0 Å². The van der Waals surface area contributed by atoms with Gasteiger partial charge in [-0.05, 0) is 55.3 Å². The Morgan fingerprint density at radius 1 is 1.07 bits per heavy atom. The largest absolute Gasteiger partial charge is 0.383 e. The Hall–Kier alpha value is -2.92. The summed E-state index contributed by atoms with van der Waals surface area (Å²) in [5, 5.41) is 8.46. The Morgan fingerprint density at radius 3 is 2.77 bits per heavy atom. The zero-order chi connectivity index (χ0) is 20.9. The molecule has 2 aromatic heterocycles. The first-order valence-corrected chi connectivity index (χ1v) is 11.1. The van der Waals surface area contributed by atoms with Crippen molar-refractivity contribution in [2.75, 3.05) is 18.4 Å². The Labute approximate surface area is 178 Å². The van der Waals surface area contributed by atoms with Gasteiger partial charge < -0.3 is 15.2 Å². The average Bonchev–Trinajstić information content (AvgIpc) is 3.19. The number of hydrogen-bond acceptors (Lipinski definition) is 4. The van der Waals surface area contributed by atoms with Crippen LogP contribution in [0.25, 0.3) is 33.1 Å². The number of nitrogens with zero attached hydrogens (tertiary/aromatic N) is 3. The molecule has 0 spiro atoms. The van der Waals surface area contributed by atoms with Gasteiger partial charge in [0, 0.05) is 60.4 Å². The van der Waals surface area contributed by atoms with Crippen LogP contribution in [0.5, 0.6) is 0 Å². The minimum atomic E-state index is 0.537. The number of anilines is 1. The van der Waals surface area contributed by atoms with Crippen LogP contribution in [0.15, 0.2) is 55.0 Å². The van der Waals surface area contributed by atoms with Crippen molar-refractivity contribution in [1.29, 1.82) is 0 Å². The molecule has 2 aromatic carbocycles. The normalized spacial score (nSPS) is 16.3. The minimum Gasteiger partial charge on any atom is -0.383 e. The van der Waals surface area contributed by atoms with Gasteiger partial charge in [-0.3, -0.25) is 9.97 Å². The molecule has 1 saturated heterocycles. The first-order chi connectivity index (χ1) is 14.8. The summed E-state index contributed by atoms with van der Waals surface area (Å²) < 4.78 is 2.15. The molecule has 30 heavy (non-hydrogen) atoms. The van der Waals surface area contributed by atoms with Crippen LogP contribution < -0.4 is 10.6 Å². The number of nitrogens with one attached hydrogen (secondary N) is 2. The topological polar surface area (TPSA) is 54.8 Å². The van der Waals surface area contributed by atoms with E-state index in [1.165, 1.54) is 35.7 Å². The number of aryl methyl sites for hydroxylation is 1. The van der Waals surface area contributed by atoms with Crippen LogP contribution in [0.2, 0.25) is 0 Å². The molecule has 1 atom stereocenters. The Bertz CT molecular complexity index is 1130. The molecule has 156 valence electrons. The third-order valence-electron chi connectivity index (χ3n) is 5.73. The SMILES string of the molecule is CC.Cn1ccc2cc(-c3cc(NCC4CCCCN4)cc4nccnc34)ccc21. The summed E-state index contributed by atoms with van der Waals surface area (Å²) in [4.78, 5) is 9.19.